The molecule has 4 aliphatic rings. The molecule has 7 N–H and O–H groups in total. The number of benzene rings is 1. The number of carbonyl (C=O) groups is 2. The molecule has 1 aromatic carbocycles. The summed E-state index contributed by atoms with van der Waals surface area (Å²) in [5.41, 5.74) is 1.49. The SMILES string of the molecule is COC(=O)C1=CO[C@@H](O[C@@H]2O[C@H](CO[C@@H]3O[C@H](COC(=O)/C=C/c4ccccc4)[C@@H](O)[C@H](O)[C@H]3O)[C@@H](O)[C@H](O)[C@H]2O)[C@@H]2C(CO)=CC[C@H]12. The summed E-state index contributed by atoms with van der Waals surface area (Å²) >= 11 is 0. The van der Waals surface area contributed by atoms with Crippen molar-refractivity contribution in [1.82, 2.24) is 0 Å². The molecule has 264 valence electrons. The molecule has 16 nitrogen and oxygen atoms in total. The number of methoxy groups -OCH3 is 1. The summed E-state index contributed by atoms with van der Waals surface area (Å²) in [6.45, 7) is -1.45. The molecule has 1 aliphatic carbocycles. The number of aliphatic hydroxyl groups is 7. The van der Waals surface area contributed by atoms with Crippen molar-refractivity contribution in [2.45, 2.75) is 74.1 Å². The molecule has 0 unspecified atom stereocenters. The molecule has 0 bridgehead atoms. The number of carbonyl (C=O) groups excluding carboxylic acids is 2. The minimum absolute atomic E-state index is 0.226. The third kappa shape index (κ3) is 7.79. The van der Waals surface area contributed by atoms with E-state index >= 15 is 0 Å². The van der Waals surface area contributed by atoms with Crippen LogP contribution >= 0.6 is 0 Å². The maximum atomic E-state index is 12.3. The van der Waals surface area contributed by atoms with Gasteiger partial charge in [-0.15, -0.1) is 0 Å². The largest absolute Gasteiger partial charge is 0.471 e. The third-order valence-corrected chi connectivity index (χ3v) is 8.75. The van der Waals surface area contributed by atoms with Gasteiger partial charge in [-0.05, 0) is 23.6 Å². The summed E-state index contributed by atoms with van der Waals surface area (Å²) in [5, 5.41) is 73.2. The van der Waals surface area contributed by atoms with Crippen molar-refractivity contribution >= 4 is 18.0 Å². The van der Waals surface area contributed by atoms with Crippen LogP contribution in [0, 0.1) is 11.8 Å². The van der Waals surface area contributed by atoms with Crippen molar-refractivity contribution in [1.29, 1.82) is 0 Å². The predicted octanol–water partition coefficient (Wildman–Crippen LogP) is -2.14. The second-order valence-electron chi connectivity index (χ2n) is 11.7. The van der Waals surface area contributed by atoms with E-state index in [9.17, 15) is 45.3 Å². The molecular formula is C32H40O16. The van der Waals surface area contributed by atoms with E-state index in [1.807, 2.05) is 6.07 Å². The molecule has 1 aromatic rings. The second-order valence-corrected chi connectivity index (χ2v) is 11.7. The first-order valence-electron chi connectivity index (χ1n) is 15.3. The van der Waals surface area contributed by atoms with Gasteiger partial charge in [0.15, 0.2) is 12.6 Å². The Balaban J connectivity index is 1.20. The molecule has 0 aromatic heterocycles. The molecule has 13 atom stereocenters. The quantitative estimate of drug-likeness (QED) is 0.0750. The lowest BCUT2D eigenvalue weighted by atomic mass is 9.83. The van der Waals surface area contributed by atoms with Crippen LogP contribution in [0.2, 0.25) is 0 Å². The zero-order valence-electron chi connectivity index (χ0n) is 25.8. The molecule has 2 fully saturated rings. The van der Waals surface area contributed by atoms with Crippen molar-refractivity contribution in [2.75, 3.05) is 26.9 Å². The fourth-order valence-electron chi connectivity index (χ4n) is 6.04. The topological polar surface area (TPSA) is 240 Å². The van der Waals surface area contributed by atoms with Crippen LogP contribution in [0.4, 0.5) is 0 Å². The van der Waals surface area contributed by atoms with Crippen molar-refractivity contribution in [2.24, 2.45) is 11.8 Å². The minimum Gasteiger partial charge on any atom is -0.471 e. The van der Waals surface area contributed by atoms with E-state index in [4.69, 9.17) is 33.2 Å². The van der Waals surface area contributed by atoms with Crippen molar-refractivity contribution in [3.8, 4) is 0 Å². The number of rotatable bonds is 11. The van der Waals surface area contributed by atoms with Crippen molar-refractivity contribution in [3.63, 3.8) is 0 Å². The van der Waals surface area contributed by atoms with Crippen LogP contribution in [-0.4, -0.2) is 142 Å². The van der Waals surface area contributed by atoms with Crippen LogP contribution in [0.3, 0.4) is 0 Å². The lowest BCUT2D eigenvalue weighted by Gasteiger charge is -2.44. The van der Waals surface area contributed by atoms with Gasteiger partial charge in [-0.2, -0.15) is 0 Å². The number of allylic oxidation sites excluding steroid dienone is 1. The summed E-state index contributed by atoms with van der Waals surface area (Å²) in [4.78, 5) is 24.5. The number of fused-ring (bicyclic) bond motifs is 1. The van der Waals surface area contributed by atoms with Crippen LogP contribution in [0.1, 0.15) is 12.0 Å². The Kier molecular flexibility index (Phi) is 12.0. The number of ether oxygens (including phenoxy) is 7. The Morgan fingerprint density at radius 3 is 2.17 bits per heavy atom. The summed E-state index contributed by atoms with van der Waals surface area (Å²) in [6, 6.07) is 8.95. The summed E-state index contributed by atoms with van der Waals surface area (Å²) < 4.78 is 38.4. The zero-order chi connectivity index (χ0) is 34.5. The van der Waals surface area contributed by atoms with E-state index in [0.29, 0.717) is 12.0 Å². The Morgan fingerprint density at radius 2 is 1.50 bits per heavy atom. The highest BCUT2D eigenvalue weighted by Gasteiger charge is 2.51. The summed E-state index contributed by atoms with van der Waals surface area (Å²) in [5.74, 6) is -2.50. The lowest BCUT2D eigenvalue weighted by Crippen LogP contribution is -2.62. The van der Waals surface area contributed by atoms with E-state index < -0.39 is 105 Å². The molecule has 2 saturated heterocycles. The lowest BCUT2D eigenvalue weighted by molar-refractivity contribution is -0.352. The van der Waals surface area contributed by atoms with E-state index in [0.717, 1.165) is 5.56 Å². The fourth-order valence-corrected chi connectivity index (χ4v) is 6.04. The van der Waals surface area contributed by atoms with Gasteiger partial charge < -0.3 is 68.9 Å². The Labute approximate surface area is 275 Å². The summed E-state index contributed by atoms with van der Waals surface area (Å²) in [7, 11) is 1.22. The zero-order valence-corrected chi connectivity index (χ0v) is 25.8. The Morgan fingerprint density at radius 1 is 0.854 bits per heavy atom. The fraction of sp³-hybridized carbons (Fsp3) is 0.562. The van der Waals surface area contributed by atoms with Gasteiger partial charge in [0.2, 0.25) is 6.29 Å². The Hall–Kier alpha value is -3.26. The molecular weight excluding hydrogens is 640 g/mol. The molecule has 0 radical (unpaired) electrons. The third-order valence-electron chi connectivity index (χ3n) is 8.75. The second kappa shape index (κ2) is 16.0. The van der Waals surface area contributed by atoms with Gasteiger partial charge >= 0.3 is 11.9 Å². The highest BCUT2D eigenvalue weighted by Crippen LogP contribution is 2.44. The monoisotopic (exact) mass is 680 g/mol. The first-order chi connectivity index (χ1) is 23.0. The van der Waals surface area contributed by atoms with Gasteiger partial charge in [0.25, 0.3) is 0 Å². The molecule has 3 heterocycles. The molecule has 0 amide bonds. The molecule has 3 aliphatic heterocycles. The van der Waals surface area contributed by atoms with Gasteiger partial charge in [0.05, 0.1) is 38.1 Å². The van der Waals surface area contributed by atoms with E-state index in [1.54, 1.807) is 30.3 Å². The van der Waals surface area contributed by atoms with Gasteiger partial charge in [-0.1, -0.05) is 36.4 Å². The Bertz CT molecular complexity index is 1350. The van der Waals surface area contributed by atoms with Crippen LogP contribution in [0.5, 0.6) is 0 Å². The number of hydrogen-bond acceptors (Lipinski definition) is 16. The van der Waals surface area contributed by atoms with Gasteiger partial charge in [0.1, 0.15) is 55.4 Å². The van der Waals surface area contributed by atoms with Crippen LogP contribution < -0.4 is 0 Å². The first-order valence-corrected chi connectivity index (χ1v) is 15.3. The average Bonchev–Trinajstić information content (AvgIpc) is 3.54. The average molecular weight is 681 g/mol. The highest BCUT2D eigenvalue weighted by atomic mass is 16.8. The number of esters is 2. The number of aliphatic hydroxyl groups excluding tert-OH is 7. The smallest absolute Gasteiger partial charge is 0.337 e. The highest BCUT2D eigenvalue weighted by molar-refractivity contribution is 5.89. The molecule has 0 spiro atoms. The van der Waals surface area contributed by atoms with Crippen LogP contribution in [0.15, 0.2) is 59.9 Å². The van der Waals surface area contributed by atoms with Crippen LogP contribution in [-0.2, 0) is 42.7 Å². The predicted molar refractivity (Wildman–Crippen MR) is 159 cm³/mol. The molecule has 16 heteroatoms. The normalized spacial score (nSPS) is 38.0. The van der Waals surface area contributed by atoms with Crippen molar-refractivity contribution < 1.29 is 78.5 Å². The van der Waals surface area contributed by atoms with Gasteiger partial charge in [-0.25, -0.2) is 9.59 Å². The standard InChI is InChI=1S/C32H40O16/c1-42-29(41)18-12-44-30(22-16(11-33)8-9-17(18)22)48-32-28(40)26(38)24(36)20(47-32)14-45-31-27(39)25(37)23(35)19(46-31)13-43-21(34)10-7-15-5-3-2-4-6-15/h2-8,10,12,17,19-20,22-28,30-33,35-40H,9,11,13-14H2,1H3/b10-7+/t17-,19-,20-,22-,23-,24-,25+,26+,27-,28-,30+,31-,32+/m1/s1. The maximum absolute atomic E-state index is 12.3. The number of hydrogen-bond donors (Lipinski definition) is 7. The van der Waals surface area contributed by atoms with E-state index in [2.05, 4.69) is 0 Å². The molecule has 5 rings (SSSR count). The summed E-state index contributed by atoms with van der Waals surface area (Å²) in [6.07, 6.45) is -11.6. The minimum atomic E-state index is -1.80. The van der Waals surface area contributed by atoms with E-state index in [-0.39, 0.29) is 12.2 Å². The van der Waals surface area contributed by atoms with Gasteiger partial charge in [0, 0.05) is 12.0 Å². The maximum Gasteiger partial charge on any atom is 0.337 e. The molecule has 0 saturated carbocycles. The molecule has 48 heavy (non-hydrogen) atoms. The van der Waals surface area contributed by atoms with E-state index in [1.165, 1.54) is 25.5 Å². The van der Waals surface area contributed by atoms with Gasteiger partial charge in [-0.3, -0.25) is 0 Å². The van der Waals surface area contributed by atoms with Crippen molar-refractivity contribution in [3.05, 3.63) is 65.5 Å². The first kappa shape index (κ1) is 36.0. The van der Waals surface area contributed by atoms with Crippen LogP contribution in [0.25, 0.3) is 6.08 Å².